The van der Waals surface area contributed by atoms with Crippen LogP contribution in [0.25, 0.3) is 11.3 Å². The van der Waals surface area contributed by atoms with Crippen molar-refractivity contribution in [1.29, 1.82) is 0 Å². The predicted octanol–water partition coefficient (Wildman–Crippen LogP) is 0.769. The van der Waals surface area contributed by atoms with E-state index in [1.54, 1.807) is 12.1 Å². The summed E-state index contributed by atoms with van der Waals surface area (Å²) in [6.45, 7) is 3.70. The van der Waals surface area contributed by atoms with E-state index in [-0.39, 0.29) is 5.76 Å². The first-order valence-corrected chi connectivity index (χ1v) is 5.56. The lowest BCUT2D eigenvalue weighted by Crippen LogP contribution is -2.42. The SMILES string of the molecule is C=CCC1=c2ccccc2=C(O)C(O)C1=P. The van der Waals surface area contributed by atoms with Crippen LogP contribution in [0.3, 0.4) is 0 Å². The first-order valence-electron chi connectivity index (χ1n) is 5.06. The summed E-state index contributed by atoms with van der Waals surface area (Å²) in [5.74, 6) is -0.00610. The Labute approximate surface area is 96.1 Å². The van der Waals surface area contributed by atoms with Crippen LogP contribution in [0.2, 0.25) is 0 Å². The van der Waals surface area contributed by atoms with E-state index in [1.807, 2.05) is 18.2 Å². The highest BCUT2D eigenvalue weighted by Gasteiger charge is 2.22. The van der Waals surface area contributed by atoms with Crippen LogP contribution in [0.15, 0.2) is 36.9 Å². The number of hydrogen-bond acceptors (Lipinski definition) is 2. The van der Waals surface area contributed by atoms with E-state index in [0.29, 0.717) is 16.9 Å². The second-order valence-corrected chi connectivity index (χ2v) is 4.26. The van der Waals surface area contributed by atoms with Crippen molar-refractivity contribution in [2.75, 3.05) is 0 Å². The quantitative estimate of drug-likeness (QED) is 0.584. The lowest BCUT2D eigenvalue weighted by molar-refractivity contribution is 0.256. The minimum atomic E-state index is -0.971. The Balaban J connectivity index is 2.89. The molecule has 0 aromatic heterocycles. The normalized spacial score (nSPS) is 19.6. The molecule has 1 aromatic rings. The maximum atomic E-state index is 9.86. The number of allylic oxidation sites excluding steroid dienone is 1. The van der Waals surface area contributed by atoms with E-state index in [4.69, 9.17) is 0 Å². The summed E-state index contributed by atoms with van der Waals surface area (Å²) < 4.78 is 0. The molecule has 0 fully saturated rings. The number of benzene rings is 1. The van der Waals surface area contributed by atoms with E-state index in [1.165, 1.54) is 0 Å². The van der Waals surface area contributed by atoms with Gasteiger partial charge in [0.05, 0.1) is 0 Å². The molecule has 2 nitrogen and oxygen atoms in total. The summed E-state index contributed by atoms with van der Waals surface area (Å²) in [5, 5.41) is 22.0. The Morgan fingerprint density at radius 1 is 1.31 bits per heavy atom. The number of aliphatic hydroxyl groups is 2. The molecule has 1 atom stereocenters. The Morgan fingerprint density at radius 2 is 1.94 bits per heavy atom. The molecule has 0 saturated carbocycles. The fraction of sp³-hybridized carbons (Fsp3) is 0.154. The van der Waals surface area contributed by atoms with Gasteiger partial charge in [-0.1, -0.05) is 30.3 Å². The monoisotopic (exact) mass is 232 g/mol. The number of fused-ring (bicyclic) bond motifs is 1. The predicted molar refractivity (Wildman–Crippen MR) is 69.3 cm³/mol. The van der Waals surface area contributed by atoms with Gasteiger partial charge in [-0.3, -0.25) is 0 Å². The van der Waals surface area contributed by atoms with Gasteiger partial charge in [0.2, 0.25) is 0 Å². The molecule has 1 aliphatic rings. The third kappa shape index (κ3) is 1.60. The van der Waals surface area contributed by atoms with Gasteiger partial charge in [0.25, 0.3) is 0 Å². The highest BCUT2D eigenvalue weighted by Crippen LogP contribution is 2.16. The van der Waals surface area contributed by atoms with Crippen molar-refractivity contribution in [3.05, 3.63) is 47.4 Å². The van der Waals surface area contributed by atoms with Gasteiger partial charge in [-0.25, -0.2) is 0 Å². The van der Waals surface area contributed by atoms with Gasteiger partial charge >= 0.3 is 0 Å². The molecule has 1 aromatic carbocycles. The van der Waals surface area contributed by atoms with Gasteiger partial charge in [-0.15, -0.1) is 15.4 Å². The highest BCUT2D eigenvalue weighted by atomic mass is 31.0. The number of rotatable bonds is 2. The second-order valence-electron chi connectivity index (χ2n) is 3.72. The minimum Gasteiger partial charge on any atom is -0.509 e. The molecule has 82 valence electrons. The van der Waals surface area contributed by atoms with Crippen LogP contribution in [0.5, 0.6) is 0 Å². The minimum absolute atomic E-state index is 0.00610. The first kappa shape index (κ1) is 11.1. The van der Waals surface area contributed by atoms with E-state index < -0.39 is 6.10 Å². The van der Waals surface area contributed by atoms with E-state index in [9.17, 15) is 10.2 Å². The van der Waals surface area contributed by atoms with Gasteiger partial charge in [-0.05, 0) is 17.2 Å². The maximum Gasteiger partial charge on any atom is 0.140 e. The van der Waals surface area contributed by atoms with Crippen molar-refractivity contribution in [2.45, 2.75) is 12.5 Å². The molecule has 0 heterocycles. The summed E-state index contributed by atoms with van der Waals surface area (Å²) in [4.78, 5) is 0. The Hall–Kier alpha value is -1.37. The van der Waals surface area contributed by atoms with Crippen molar-refractivity contribution in [3.63, 3.8) is 0 Å². The zero-order chi connectivity index (χ0) is 11.7. The molecule has 2 N–H and O–H groups in total. The molecule has 0 aliphatic heterocycles. The molecule has 1 unspecified atom stereocenters. The lowest BCUT2D eigenvalue weighted by Gasteiger charge is -2.20. The maximum absolute atomic E-state index is 9.86. The molecule has 3 heteroatoms. The molecule has 0 saturated heterocycles. The standard InChI is InChI=1S/C13H13O2P/c1-2-5-10-8-6-3-4-7-9(8)11(14)12(15)13(10)16/h2-4,6-7,12,14-16H,1,5H2. The van der Waals surface area contributed by atoms with Crippen molar-refractivity contribution in [1.82, 2.24) is 0 Å². The molecule has 0 bridgehead atoms. The molecule has 1 aliphatic carbocycles. The van der Waals surface area contributed by atoms with Crippen molar-refractivity contribution >= 4 is 25.5 Å². The molecule has 16 heavy (non-hydrogen) atoms. The van der Waals surface area contributed by atoms with E-state index >= 15 is 0 Å². The zero-order valence-electron chi connectivity index (χ0n) is 8.77. The van der Waals surface area contributed by atoms with Crippen LogP contribution in [0, 0.1) is 0 Å². The van der Waals surface area contributed by atoms with Crippen molar-refractivity contribution < 1.29 is 10.2 Å². The van der Waals surface area contributed by atoms with Crippen LogP contribution in [-0.2, 0) is 0 Å². The van der Waals surface area contributed by atoms with Crippen LogP contribution < -0.4 is 10.4 Å². The lowest BCUT2D eigenvalue weighted by atomic mass is 9.94. The summed E-state index contributed by atoms with van der Waals surface area (Å²) in [6, 6.07) is 7.48. The van der Waals surface area contributed by atoms with Gasteiger partial charge in [0.1, 0.15) is 11.9 Å². The zero-order valence-corrected chi connectivity index (χ0v) is 9.77. The molecule has 0 spiro atoms. The molecule has 2 rings (SSSR count). The van der Waals surface area contributed by atoms with Gasteiger partial charge in [-0.2, -0.15) is 0 Å². The smallest absolute Gasteiger partial charge is 0.140 e. The summed E-state index contributed by atoms with van der Waals surface area (Å²) in [5.41, 5.74) is 0.965. The third-order valence-corrected chi connectivity index (χ3v) is 3.31. The van der Waals surface area contributed by atoms with Crippen molar-refractivity contribution in [3.8, 4) is 0 Å². The number of aliphatic hydroxyl groups excluding tert-OH is 2. The highest BCUT2D eigenvalue weighted by molar-refractivity contribution is 7.24. The fourth-order valence-corrected chi connectivity index (χ4v) is 2.30. The fourth-order valence-electron chi connectivity index (χ4n) is 1.93. The van der Waals surface area contributed by atoms with Gasteiger partial charge in [0.15, 0.2) is 0 Å². The molecule has 0 radical (unpaired) electrons. The molecular formula is C13H13O2P. The largest absolute Gasteiger partial charge is 0.509 e. The summed E-state index contributed by atoms with van der Waals surface area (Å²) >= 11 is 0. The van der Waals surface area contributed by atoms with Crippen molar-refractivity contribution in [2.24, 2.45) is 0 Å². The number of hydrogen-bond donors (Lipinski definition) is 2. The van der Waals surface area contributed by atoms with E-state index in [0.717, 1.165) is 10.8 Å². The topological polar surface area (TPSA) is 40.5 Å². The summed E-state index contributed by atoms with van der Waals surface area (Å²) in [7, 11) is 3.39. The average Bonchev–Trinajstić information content (AvgIpc) is 2.32. The van der Waals surface area contributed by atoms with Gasteiger partial charge in [0, 0.05) is 10.5 Å². The molecule has 0 amide bonds. The van der Waals surface area contributed by atoms with Crippen LogP contribution in [0.1, 0.15) is 6.42 Å². The Morgan fingerprint density at radius 3 is 2.56 bits per heavy atom. The van der Waals surface area contributed by atoms with Crippen LogP contribution in [0.4, 0.5) is 0 Å². The third-order valence-electron chi connectivity index (χ3n) is 2.73. The first-order chi connectivity index (χ1) is 7.66. The average molecular weight is 232 g/mol. The molecular weight excluding hydrogens is 219 g/mol. The second kappa shape index (κ2) is 4.25. The Kier molecular flexibility index (Phi) is 2.95. The van der Waals surface area contributed by atoms with Crippen LogP contribution >= 0.6 is 8.86 Å². The van der Waals surface area contributed by atoms with Crippen LogP contribution in [-0.4, -0.2) is 21.6 Å². The van der Waals surface area contributed by atoms with Gasteiger partial charge < -0.3 is 10.2 Å². The van der Waals surface area contributed by atoms with E-state index in [2.05, 4.69) is 15.4 Å². The summed E-state index contributed by atoms with van der Waals surface area (Å²) in [6.07, 6.45) is 1.46. The Bertz CT molecular complexity index is 572.